The normalized spacial score (nSPS) is 9.86. The van der Waals surface area contributed by atoms with Crippen molar-refractivity contribution in [3.05, 3.63) is 22.8 Å². The number of amides is 1. The van der Waals surface area contributed by atoms with E-state index in [9.17, 15) is 4.79 Å². The smallest absolute Gasteiger partial charge is 0.236 e. The number of halogens is 1. The first-order valence-electron chi connectivity index (χ1n) is 4.29. The molecule has 0 saturated carbocycles. The molecule has 0 aromatic carbocycles. The van der Waals surface area contributed by atoms with Gasteiger partial charge in [-0.3, -0.25) is 4.79 Å². The fourth-order valence-corrected chi connectivity index (χ4v) is 1.64. The van der Waals surface area contributed by atoms with Crippen LogP contribution < -0.4 is 10.6 Å². The highest BCUT2D eigenvalue weighted by atomic mass is 79.9. The SMILES string of the molecule is CCN(CC(N)=O)c1ncccc1Br. The molecule has 2 N–H and O–H groups in total. The Labute approximate surface area is 91.2 Å². The maximum atomic E-state index is 10.8. The summed E-state index contributed by atoms with van der Waals surface area (Å²) in [6, 6.07) is 3.71. The monoisotopic (exact) mass is 257 g/mol. The lowest BCUT2D eigenvalue weighted by Gasteiger charge is -2.20. The van der Waals surface area contributed by atoms with Gasteiger partial charge in [-0.05, 0) is 35.0 Å². The number of hydrogen-bond acceptors (Lipinski definition) is 3. The molecule has 0 aliphatic rings. The lowest BCUT2D eigenvalue weighted by Crippen LogP contribution is -2.34. The third-order valence-corrected chi connectivity index (χ3v) is 2.39. The minimum absolute atomic E-state index is 0.187. The Hall–Kier alpha value is -1.10. The van der Waals surface area contributed by atoms with Crippen molar-refractivity contribution < 1.29 is 4.79 Å². The van der Waals surface area contributed by atoms with Crippen LogP contribution in [-0.2, 0) is 4.79 Å². The van der Waals surface area contributed by atoms with E-state index < -0.39 is 0 Å². The molecule has 14 heavy (non-hydrogen) atoms. The molecule has 1 aromatic heterocycles. The summed E-state index contributed by atoms with van der Waals surface area (Å²) in [5.74, 6) is 0.387. The number of nitrogens with zero attached hydrogens (tertiary/aromatic N) is 2. The zero-order valence-corrected chi connectivity index (χ0v) is 9.49. The minimum atomic E-state index is -0.357. The summed E-state index contributed by atoms with van der Waals surface area (Å²) in [6.07, 6.45) is 1.68. The Morgan fingerprint density at radius 2 is 2.43 bits per heavy atom. The van der Waals surface area contributed by atoms with Gasteiger partial charge in [0, 0.05) is 12.7 Å². The van der Waals surface area contributed by atoms with Gasteiger partial charge in [0.25, 0.3) is 0 Å². The zero-order chi connectivity index (χ0) is 10.6. The topological polar surface area (TPSA) is 59.2 Å². The van der Waals surface area contributed by atoms with Crippen molar-refractivity contribution in [2.45, 2.75) is 6.92 Å². The van der Waals surface area contributed by atoms with Gasteiger partial charge in [0.05, 0.1) is 11.0 Å². The molecule has 1 rings (SSSR count). The Bertz CT molecular complexity index is 330. The molecule has 4 nitrogen and oxygen atoms in total. The zero-order valence-electron chi connectivity index (χ0n) is 7.90. The number of aromatic nitrogens is 1. The Balaban J connectivity index is 2.89. The van der Waals surface area contributed by atoms with Crippen molar-refractivity contribution in [3.63, 3.8) is 0 Å². The molecule has 76 valence electrons. The maximum absolute atomic E-state index is 10.8. The van der Waals surface area contributed by atoms with E-state index in [0.29, 0.717) is 6.54 Å². The van der Waals surface area contributed by atoms with Gasteiger partial charge in [-0.2, -0.15) is 0 Å². The molecule has 1 heterocycles. The van der Waals surface area contributed by atoms with E-state index in [4.69, 9.17) is 5.73 Å². The van der Waals surface area contributed by atoms with Gasteiger partial charge in [0.1, 0.15) is 5.82 Å². The first kappa shape index (κ1) is 11.0. The van der Waals surface area contributed by atoms with Gasteiger partial charge in [0.15, 0.2) is 0 Å². The molecule has 5 heteroatoms. The lowest BCUT2D eigenvalue weighted by atomic mass is 10.4. The highest BCUT2D eigenvalue weighted by molar-refractivity contribution is 9.10. The Morgan fingerprint density at radius 1 is 1.71 bits per heavy atom. The average molecular weight is 258 g/mol. The van der Waals surface area contributed by atoms with Crippen LogP contribution >= 0.6 is 15.9 Å². The molecule has 0 spiro atoms. The van der Waals surface area contributed by atoms with Crippen LogP contribution in [-0.4, -0.2) is 24.0 Å². The van der Waals surface area contributed by atoms with E-state index >= 15 is 0 Å². The molecule has 0 radical (unpaired) electrons. The number of anilines is 1. The van der Waals surface area contributed by atoms with Gasteiger partial charge >= 0.3 is 0 Å². The van der Waals surface area contributed by atoms with Crippen LogP contribution in [0.15, 0.2) is 22.8 Å². The number of carbonyl (C=O) groups excluding carboxylic acids is 1. The summed E-state index contributed by atoms with van der Waals surface area (Å²) >= 11 is 3.37. The highest BCUT2D eigenvalue weighted by Gasteiger charge is 2.10. The van der Waals surface area contributed by atoms with Crippen molar-refractivity contribution in [2.75, 3.05) is 18.0 Å². The van der Waals surface area contributed by atoms with Crippen molar-refractivity contribution in [1.29, 1.82) is 0 Å². The number of primary amides is 1. The van der Waals surface area contributed by atoms with Crippen LogP contribution in [0.25, 0.3) is 0 Å². The molecule has 1 aromatic rings. The second-order valence-electron chi connectivity index (χ2n) is 2.79. The number of hydrogen-bond donors (Lipinski definition) is 1. The van der Waals surface area contributed by atoms with Crippen molar-refractivity contribution in [1.82, 2.24) is 4.98 Å². The first-order chi connectivity index (χ1) is 6.65. The number of nitrogens with two attached hydrogens (primary N) is 1. The number of carbonyl (C=O) groups is 1. The minimum Gasteiger partial charge on any atom is -0.368 e. The van der Waals surface area contributed by atoms with Gasteiger partial charge in [-0.25, -0.2) is 4.98 Å². The quantitative estimate of drug-likeness (QED) is 0.881. The fourth-order valence-electron chi connectivity index (χ4n) is 1.13. The molecule has 0 bridgehead atoms. The summed E-state index contributed by atoms with van der Waals surface area (Å²) in [5.41, 5.74) is 5.13. The van der Waals surface area contributed by atoms with E-state index in [1.165, 1.54) is 0 Å². The molecule has 0 atom stereocenters. The molecule has 1 amide bonds. The van der Waals surface area contributed by atoms with Crippen LogP contribution in [0.5, 0.6) is 0 Å². The summed E-state index contributed by atoms with van der Waals surface area (Å²) in [7, 11) is 0. The van der Waals surface area contributed by atoms with Crippen LogP contribution in [0.3, 0.4) is 0 Å². The molecule has 0 unspecified atom stereocenters. The van der Waals surface area contributed by atoms with Crippen molar-refractivity contribution in [2.24, 2.45) is 5.73 Å². The van der Waals surface area contributed by atoms with E-state index in [1.807, 2.05) is 24.0 Å². The van der Waals surface area contributed by atoms with Gasteiger partial charge < -0.3 is 10.6 Å². The van der Waals surface area contributed by atoms with Crippen LogP contribution in [0.1, 0.15) is 6.92 Å². The summed E-state index contributed by atoms with van der Waals surface area (Å²) in [5, 5.41) is 0. The van der Waals surface area contributed by atoms with Gasteiger partial charge in [-0.15, -0.1) is 0 Å². The number of rotatable bonds is 4. The number of likely N-dealkylation sites (N-methyl/N-ethyl adjacent to an activating group) is 1. The lowest BCUT2D eigenvalue weighted by molar-refractivity contribution is -0.116. The van der Waals surface area contributed by atoms with E-state index in [1.54, 1.807) is 6.20 Å². The Morgan fingerprint density at radius 3 is 2.93 bits per heavy atom. The first-order valence-corrected chi connectivity index (χ1v) is 5.08. The third kappa shape index (κ3) is 2.70. The van der Waals surface area contributed by atoms with Crippen LogP contribution in [0.2, 0.25) is 0 Å². The van der Waals surface area contributed by atoms with E-state index in [-0.39, 0.29) is 12.5 Å². The predicted octanol–water partition coefficient (Wildman–Crippen LogP) is 1.16. The second-order valence-corrected chi connectivity index (χ2v) is 3.64. The maximum Gasteiger partial charge on any atom is 0.236 e. The number of pyridine rings is 1. The average Bonchev–Trinajstić information content (AvgIpc) is 2.15. The molecule has 0 aliphatic heterocycles. The molecular formula is C9H12BrN3O. The third-order valence-electron chi connectivity index (χ3n) is 1.77. The molecular weight excluding hydrogens is 246 g/mol. The predicted molar refractivity (Wildman–Crippen MR) is 59.0 cm³/mol. The molecule has 0 aliphatic carbocycles. The Kier molecular flexibility index (Phi) is 3.88. The summed E-state index contributed by atoms with van der Waals surface area (Å²) < 4.78 is 0.864. The standard InChI is InChI=1S/C9H12BrN3O/c1-2-13(6-8(11)14)9-7(10)4-3-5-12-9/h3-5H,2,6H2,1H3,(H2,11,14). The van der Waals surface area contributed by atoms with E-state index in [2.05, 4.69) is 20.9 Å². The van der Waals surface area contributed by atoms with Gasteiger partial charge in [0.2, 0.25) is 5.91 Å². The molecule has 0 saturated heterocycles. The van der Waals surface area contributed by atoms with Crippen LogP contribution in [0, 0.1) is 0 Å². The van der Waals surface area contributed by atoms with E-state index in [0.717, 1.165) is 10.3 Å². The molecule has 0 fully saturated rings. The second kappa shape index (κ2) is 4.95. The van der Waals surface area contributed by atoms with Crippen molar-refractivity contribution in [3.8, 4) is 0 Å². The fraction of sp³-hybridized carbons (Fsp3) is 0.333. The highest BCUT2D eigenvalue weighted by Crippen LogP contribution is 2.22. The van der Waals surface area contributed by atoms with Crippen LogP contribution in [0.4, 0.5) is 5.82 Å². The largest absolute Gasteiger partial charge is 0.368 e. The van der Waals surface area contributed by atoms with Gasteiger partial charge in [-0.1, -0.05) is 0 Å². The summed E-state index contributed by atoms with van der Waals surface area (Å²) in [6.45, 7) is 2.83. The summed E-state index contributed by atoms with van der Waals surface area (Å²) in [4.78, 5) is 16.8. The van der Waals surface area contributed by atoms with Crippen molar-refractivity contribution >= 4 is 27.7 Å².